The van der Waals surface area contributed by atoms with E-state index in [0.29, 0.717) is 51.6 Å². The van der Waals surface area contributed by atoms with Gasteiger partial charge in [0.15, 0.2) is 0 Å². The van der Waals surface area contributed by atoms with Crippen LogP contribution in [0.2, 0.25) is 0 Å². The van der Waals surface area contributed by atoms with Gasteiger partial charge in [-0.05, 0) is 62.1 Å². The first-order chi connectivity index (χ1) is 19.2. The largest absolute Gasteiger partial charge is 0.462 e. The summed E-state index contributed by atoms with van der Waals surface area (Å²) in [5.74, 6) is -0.736. The van der Waals surface area contributed by atoms with Gasteiger partial charge in [0.25, 0.3) is 5.91 Å². The van der Waals surface area contributed by atoms with E-state index in [4.69, 9.17) is 19.3 Å². The molecule has 2 aromatic rings. The van der Waals surface area contributed by atoms with Crippen LogP contribution < -0.4 is 5.32 Å². The lowest BCUT2D eigenvalue weighted by Gasteiger charge is -2.36. The fraction of sp³-hybridized carbons (Fsp3) is 0.607. The molecule has 11 nitrogen and oxygen atoms in total. The maximum absolute atomic E-state index is 13.1. The van der Waals surface area contributed by atoms with Crippen molar-refractivity contribution in [2.45, 2.75) is 51.0 Å². The van der Waals surface area contributed by atoms with Crippen LogP contribution in [0.25, 0.3) is 0 Å². The van der Waals surface area contributed by atoms with E-state index in [-0.39, 0.29) is 47.4 Å². The van der Waals surface area contributed by atoms with Crippen LogP contribution in [0.15, 0.2) is 29.2 Å². The maximum Gasteiger partial charge on any atom is 0.338 e. The number of benzene rings is 1. The molecular formula is C28H38N4O7S. The number of fused-ring (bicyclic) bond motifs is 1. The minimum atomic E-state index is -3.72. The first-order valence-corrected chi connectivity index (χ1v) is 15.5. The van der Waals surface area contributed by atoms with Crippen LogP contribution in [0, 0.1) is 11.3 Å². The molecule has 2 saturated heterocycles. The number of sulfonamides is 1. The van der Waals surface area contributed by atoms with Crippen molar-refractivity contribution >= 4 is 21.9 Å². The minimum Gasteiger partial charge on any atom is -0.462 e. The molecule has 5 rings (SSSR count). The Morgan fingerprint density at radius 2 is 1.90 bits per heavy atom. The maximum atomic E-state index is 13.1. The van der Waals surface area contributed by atoms with Crippen LogP contribution in [0.4, 0.5) is 0 Å². The van der Waals surface area contributed by atoms with E-state index in [1.165, 1.54) is 16.4 Å². The van der Waals surface area contributed by atoms with Crippen molar-refractivity contribution in [1.82, 2.24) is 19.4 Å². The number of rotatable bonds is 8. The molecule has 0 aliphatic carbocycles. The average molecular weight is 575 g/mol. The normalized spacial score (nSPS) is 20.4. The number of nitrogens with one attached hydrogen (secondary N) is 1. The van der Waals surface area contributed by atoms with Crippen LogP contribution in [0.1, 0.15) is 58.8 Å². The standard InChI is InChI=1S/C28H38N4O7S/c1-3-32-25-23(17-28(19-29-26(25)33)7-11-37-12-8-28)24(30-32)15-20(2)18-39-27(34)21-5-4-6-22(16-21)40(35,36)31-9-13-38-14-10-31/h4-6,16,20H,3,7-15,17-19H2,1-2H3,(H,29,33). The molecule has 1 N–H and O–H groups in total. The van der Waals surface area contributed by atoms with Crippen molar-refractivity contribution < 1.29 is 32.2 Å². The molecule has 1 amide bonds. The number of esters is 1. The van der Waals surface area contributed by atoms with Gasteiger partial charge in [-0.3, -0.25) is 9.48 Å². The van der Waals surface area contributed by atoms with Crippen molar-refractivity contribution in [3.63, 3.8) is 0 Å². The molecule has 0 radical (unpaired) electrons. The highest BCUT2D eigenvalue weighted by Gasteiger charge is 2.40. The van der Waals surface area contributed by atoms with Gasteiger partial charge in [0.2, 0.25) is 10.0 Å². The van der Waals surface area contributed by atoms with Crippen LogP contribution in [-0.2, 0) is 43.6 Å². The number of aryl methyl sites for hydroxylation is 1. The number of morpholine rings is 1. The zero-order valence-electron chi connectivity index (χ0n) is 23.2. The van der Waals surface area contributed by atoms with Gasteiger partial charge in [0.05, 0.1) is 36.0 Å². The third-order valence-electron chi connectivity index (χ3n) is 8.10. The predicted molar refractivity (Wildman–Crippen MR) is 146 cm³/mol. The van der Waals surface area contributed by atoms with E-state index in [1.54, 1.807) is 16.8 Å². The number of carbonyl (C=O) groups is 2. The number of nitrogens with zero attached hydrogens (tertiary/aromatic N) is 3. The van der Waals surface area contributed by atoms with E-state index in [1.807, 2.05) is 13.8 Å². The van der Waals surface area contributed by atoms with Gasteiger partial charge in [-0.2, -0.15) is 9.40 Å². The molecule has 40 heavy (non-hydrogen) atoms. The number of amides is 1. The molecule has 1 aromatic carbocycles. The number of aromatic nitrogens is 2. The monoisotopic (exact) mass is 574 g/mol. The summed E-state index contributed by atoms with van der Waals surface area (Å²) in [6, 6.07) is 5.96. The van der Waals surface area contributed by atoms with Crippen LogP contribution in [-0.4, -0.2) is 87.0 Å². The second-order valence-corrected chi connectivity index (χ2v) is 13.0. The third kappa shape index (κ3) is 5.95. The Hall–Kier alpha value is -2.80. The van der Waals surface area contributed by atoms with E-state index >= 15 is 0 Å². The number of carbonyl (C=O) groups excluding carboxylic acids is 2. The fourth-order valence-corrected chi connectivity index (χ4v) is 7.19. The summed E-state index contributed by atoms with van der Waals surface area (Å²) in [5.41, 5.74) is 2.62. The summed E-state index contributed by atoms with van der Waals surface area (Å²) < 4.78 is 45.6. The highest BCUT2D eigenvalue weighted by Crippen LogP contribution is 2.38. The van der Waals surface area contributed by atoms with E-state index in [2.05, 4.69) is 5.32 Å². The lowest BCUT2D eigenvalue weighted by Crippen LogP contribution is -2.40. The first-order valence-electron chi connectivity index (χ1n) is 14.0. The van der Waals surface area contributed by atoms with Gasteiger partial charge < -0.3 is 19.5 Å². The molecule has 1 atom stereocenters. The zero-order chi connectivity index (χ0) is 28.3. The molecule has 4 heterocycles. The van der Waals surface area contributed by atoms with E-state index in [0.717, 1.165) is 30.5 Å². The second kappa shape index (κ2) is 12.0. The highest BCUT2D eigenvalue weighted by molar-refractivity contribution is 7.89. The van der Waals surface area contributed by atoms with Crippen LogP contribution in [0.3, 0.4) is 0 Å². The average Bonchev–Trinajstić information content (AvgIpc) is 3.24. The Kier molecular flexibility index (Phi) is 8.60. The number of hydrogen-bond donors (Lipinski definition) is 1. The molecule has 2 fully saturated rings. The van der Waals surface area contributed by atoms with Crippen molar-refractivity contribution in [2.24, 2.45) is 11.3 Å². The summed E-state index contributed by atoms with van der Waals surface area (Å²) >= 11 is 0. The SMILES string of the molecule is CCn1nc(CC(C)COC(=O)c2cccc(S(=O)(=O)N3CCOCC3)c2)c2c1C(=O)NCC1(CCOCC1)C2. The van der Waals surface area contributed by atoms with Crippen LogP contribution >= 0.6 is 0 Å². The Morgan fingerprint density at radius 1 is 1.18 bits per heavy atom. The molecule has 218 valence electrons. The van der Waals surface area contributed by atoms with Gasteiger partial charge in [0, 0.05) is 45.0 Å². The molecule has 1 aromatic heterocycles. The van der Waals surface area contributed by atoms with E-state index < -0.39 is 16.0 Å². The minimum absolute atomic E-state index is 0.0439. The first kappa shape index (κ1) is 28.7. The Balaban J connectivity index is 1.27. The summed E-state index contributed by atoms with van der Waals surface area (Å²) in [6.07, 6.45) is 3.08. The summed E-state index contributed by atoms with van der Waals surface area (Å²) in [6.45, 7) is 7.91. The predicted octanol–water partition coefficient (Wildman–Crippen LogP) is 2.04. The molecule has 3 aliphatic heterocycles. The molecule has 12 heteroatoms. The Bertz CT molecular complexity index is 1340. The second-order valence-electron chi connectivity index (χ2n) is 11.0. The molecule has 0 bridgehead atoms. The van der Waals surface area contributed by atoms with Gasteiger partial charge in [0.1, 0.15) is 5.69 Å². The Labute approximate surface area is 235 Å². The molecule has 1 spiro atoms. The fourth-order valence-electron chi connectivity index (χ4n) is 5.74. The molecule has 1 unspecified atom stereocenters. The lowest BCUT2D eigenvalue weighted by atomic mass is 9.75. The van der Waals surface area contributed by atoms with Gasteiger partial charge in [-0.1, -0.05) is 13.0 Å². The summed E-state index contributed by atoms with van der Waals surface area (Å²) in [4.78, 5) is 26.0. The lowest BCUT2D eigenvalue weighted by molar-refractivity contribution is 0.0160. The summed E-state index contributed by atoms with van der Waals surface area (Å²) in [5, 5.41) is 7.91. The van der Waals surface area contributed by atoms with Crippen molar-refractivity contribution in [3.8, 4) is 0 Å². The van der Waals surface area contributed by atoms with E-state index in [9.17, 15) is 18.0 Å². The molecule has 0 saturated carbocycles. The highest BCUT2D eigenvalue weighted by atomic mass is 32.2. The molecular weight excluding hydrogens is 536 g/mol. The smallest absolute Gasteiger partial charge is 0.338 e. The third-order valence-corrected chi connectivity index (χ3v) is 9.99. The number of ether oxygens (including phenoxy) is 3. The van der Waals surface area contributed by atoms with Crippen molar-refractivity contribution in [1.29, 1.82) is 0 Å². The summed E-state index contributed by atoms with van der Waals surface area (Å²) in [7, 11) is -3.72. The topological polar surface area (TPSA) is 129 Å². The molecule has 3 aliphatic rings. The zero-order valence-corrected chi connectivity index (χ0v) is 24.0. The number of hydrogen-bond acceptors (Lipinski definition) is 8. The van der Waals surface area contributed by atoms with Crippen molar-refractivity contribution in [3.05, 3.63) is 46.8 Å². The van der Waals surface area contributed by atoms with Gasteiger partial charge >= 0.3 is 5.97 Å². The van der Waals surface area contributed by atoms with Gasteiger partial charge in [-0.15, -0.1) is 0 Å². The van der Waals surface area contributed by atoms with Crippen LogP contribution in [0.5, 0.6) is 0 Å². The van der Waals surface area contributed by atoms with Gasteiger partial charge in [-0.25, -0.2) is 13.2 Å². The van der Waals surface area contributed by atoms with Crippen molar-refractivity contribution in [2.75, 3.05) is 52.7 Å². The Morgan fingerprint density at radius 3 is 2.62 bits per heavy atom. The quantitative estimate of drug-likeness (QED) is 0.475.